The molecule has 216 valence electrons. The Kier molecular flexibility index (Phi) is 14.8. The zero-order valence-electron chi connectivity index (χ0n) is 25.1. The van der Waals surface area contributed by atoms with Gasteiger partial charge in [0.25, 0.3) is 0 Å². The number of carbonyl (C=O) groups is 3. The van der Waals surface area contributed by atoms with E-state index in [0.717, 1.165) is 48.8 Å². The van der Waals surface area contributed by atoms with Crippen LogP contribution in [0.3, 0.4) is 0 Å². The Bertz CT molecular complexity index is 878. The van der Waals surface area contributed by atoms with Crippen molar-refractivity contribution in [1.82, 2.24) is 15.5 Å². The predicted octanol–water partition coefficient (Wildman–Crippen LogP) is 6.31. The van der Waals surface area contributed by atoms with E-state index in [1.165, 1.54) is 0 Å². The largest absolute Gasteiger partial charge is 0.444 e. The average Bonchev–Trinajstić information content (AvgIpc) is 2.78. The highest BCUT2D eigenvalue weighted by Gasteiger charge is 2.36. The first-order chi connectivity index (χ1) is 17.8. The molecule has 1 aromatic carbocycles. The third-order valence-electron chi connectivity index (χ3n) is 5.94. The molecule has 0 aliphatic heterocycles. The molecular formula is C30H51N3O4S. The highest BCUT2D eigenvalue weighted by atomic mass is 32.2. The third-order valence-corrected chi connectivity index (χ3v) is 6.58. The van der Waals surface area contributed by atoms with Gasteiger partial charge >= 0.3 is 6.09 Å². The number of thioether (sulfide) groups is 1. The lowest BCUT2D eigenvalue weighted by molar-refractivity contribution is -0.142. The minimum atomic E-state index is -0.799. The van der Waals surface area contributed by atoms with E-state index in [-0.39, 0.29) is 17.9 Å². The molecule has 2 N–H and O–H groups in total. The summed E-state index contributed by atoms with van der Waals surface area (Å²) in [6, 6.07) is 4.34. The van der Waals surface area contributed by atoms with Crippen molar-refractivity contribution in [3.05, 3.63) is 34.9 Å². The number of unbranched alkanes of at least 4 members (excludes halogenated alkanes) is 4. The number of ether oxygens (including phenoxy) is 1. The maximum absolute atomic E-state index is 14.2. The summed E-state index contributed by atoms with van der Waals surface area (Å²) in [5.74, 6) is 0.208. The maximum Gasteiger partial charge on any atom is 0.408 e. The molecule has 0 spiro atoms. The molecule has 7 nitrogen and oxygen atoms in total. The van der Waals surface area contributed by atoms with E-state index in [1.54, 1.807) is 37.4 Å². The van der Waals surface area contributed by atoms with Crippen LogP contribution in [0.1, 0.15) is 103 Å². The second-order valence-corrected chi connectivity index (χ2v) is 12.4. The van der Waals surface area contributed by atoms with Gasteiger partial charge in [-0.3, -0.25) is 9.59 Å². The first kappa shape index (κ1) is 33.8. The van der Waals surface area contributed by atoms with E-state index in [0.29, 0.717) is 18.7 Å². The van der Waals surface area contributed by atoms with E-state index in [1.807, 2.05) is 46.1 Å². The van der Waals surface area contributed by atoms with Gasteiger partial charge in [0.05, 0.1) is 0 Å². The van der Waals surface area contributed by atoms with Gasteiger partial charge in [0.1, 0.15) is 17.7 Å². The molecule has 0 aromatic heterocycles. The minimum Gasteiger partial charge on any atom is -0.444 e. The molecule has 0 radical (unpaired) electrons. The van der Waals surface area contributed by atoms with E-state index >= 15 is 0 Å². The lowest BCUT2D eigenvalue weighted by Crippen LogP contribution is -2.54. The molecule has 38 heavy (non-hydrogen) atoms. The van der Waals surface area contributed by atoms with Gasteiger partial charge in [-0.15, -0.1) is 0 Å². The summed E-state index contributed by atoms with van der Waals surface area (Å²) in [5.41, 5.74) is 2.16. The van der Waals surface area contributed by atoms with E-state index < -0.39 is 23.8 Å². The van der Waals surface area contributed by atoms with Crippen LogP contribution in [0.5, 0.6) is 0 Å². The number of nitrogens with one attached hydrogen (secondary N) is 2. The van der Waals surface area contributed by atoms with Crippen LogP contribution in [-0.2, 0) is 14.3 Å². The van der Waals surface area contributed by atoms with Crippen molar-refractivity contribution < 1.29 is 19.1 Å². The van der Waals surface area contributed by atoms with Gasteiger partial charge in [-0.1, -0.05) is 61.9 Å². The van der Waals surface area contributed by atoms with Crippen molar-refractivity contribution in [2.45, 2.75) is 118 Å². The highest BCUT2D eigenvalue weighted by molar-refractivity contribution is 7.98. The summed E-state index contributed by atoms with van der Waals surface area (Å²) < 4.78 is 5.47. The van der Waals surface area contributed by atoms with Crippen LogP contribution in [0.25, 0.3) is 0 Å². The van der Waals surface area contributed by atoms with Crippen LogP contribution in [-0.4, -0.2) is 59.0 Å². The van der Waals surface area contributed by atoms with Crippen LogP contribution >= 0.6 is 11.8 Å². The number of amides is 3. The monoisotopic (exact) mass is 549 g/mol. The van der Waals surface area contributed by atoms with E-state index in [2.05, 4.69) is 23.6 Å². The Hall–Kier alpha value is -2.22. The number of hydrogen-bond acceptors (Lipinski definition) is 5. The summed E-state index contributed by atoms with van der Waals surface area (Å²) in [5, 5.41) is 5.84. The van der Waals surface area contributed by atoms with Crippen molar-refractivity contribution in [2.75, 3.05) is 18.6 Å². The van der Waals surface area contributed by atoms with Crippen molar-refractivity contribution in [3.63, 3.8) is 0 Å². The molecule has 0 heterocycles. The molecule has 8 heteroatoms. The van der Waals surface area contributed by atoms with E-state index in [9.17, 15) is 14.4 Å². The Balaban J connectivity index is 3.49. The van der Waals surface area contributed by atoms with Gasteiger partial charge in [-0.05, 0) is 78.9 Å². The number of hydrogen-bond donors (Lipinski definition) is 2. The number of carbonyl (C=O) groups excluding carboxylic acids is 3. The first-order valence-corrected chi connectivity index (χ1v) is 15.4. The van der Waals surface area contributed by atoms with Crippen molar-refractivity contribution >= 4 is 29.7 Å². The zero-order valence-corrected chi connectivity index (χ0v) is 25.9. The van der Waals surface area contributed by atoms with Crippen molar-refractivity contribution in [2.24, 2.45) is 0 Å². The van der Waals surface area contributed by atoms with Crippen LogP contribution in [0.2, 0.25) is 0 Å². The molecule has 1 rings (SSSR count). The molecule has 2 unspecified atom stereocenters. The van der Waals surface area contributed by atoms with Gasteiger partial charge in [0.2, 0.25) is 11.8 Å². The summed E-state index contributed by atoms with van der Waals surface area (Å²) in [4.78, 5) is 42.3. The molecule has 0 saturated heterocycles. The first-order valence-electron chi connectivity index (χ1n) is 14.0. The number of alkyl carbamates (subject to hydrolysis) is 1. The predicted molar refractivity (Wildman–Crippen MR) is 159 cm³/mol. The van der Waals surface area contributed by atoms with Gasteiger partial charge in [0, 0.05) is 12.6 Å². The highest BCUT2D eigenvalue weighted by Crippen LogP contribution is 2.26. The summed E-state index contributed by atoms with van der Waals surface area (Å²) in [6.07, 6.45) is 6.87. The van der Waals surface area contributed by atoms with Crippen LogP contribution < -0.4 is 10.6 Å². The molecular weight excluding hydrogens is 498 g/mol. The lowest BCUT2D eigenvalue weighted by Gasteiger charge is -2.35. The summed E-state index contributed by atoms with van der Waals surface area (Å²) in [6.45, 7) is 15.8. The average molecular weight is 550 g/mol. The van der Waals surface area contributed by atoms with Gasteiger partial charge < -0.3 is 20.3 Å². The summed E-state index contributed by atoms with van der Waals surface area (Å²) in [7, 11) is 0. The van der Waals surface area contributed by atoms with Crippen LogP contribution in [0, 0.1) is 13.8 Å². The zero-order chi connectivity index (χ0) is 28.9. The molecule has 2 atom stereocenters. The Labute approximate surface area is 235 Å². The molecule has 1 aromatic rings. The fourth-order valence-electron chi connectivity index (χ4n) is 4.40. The number of nitrogens with zero attached hydrogens (tertiary/aromatic N) is 1. The molecule has 0 saturated carbocycles. The smallest absolute Gasteiger partial charge is 0.408 e. The van der Waals surface area contributed by atoms with Gasteiger partial charge in [-0.25, -0.2) is 4.79 Å². The van der Waals surface area contributed by atoms with Gasteiger partial charge in [-0.2, -0.15) is 11.8 Å². The second-order valence-electron chi connectivity index (χ2n) is 11.4. The van der Waals surface area contributed by atoms with E-state index in [4.69, 9.17) is 4.74 Å². The molecule has 3 amide bonds. The molecule has 0 bridgehead atoms. The standard InChI is InChI=1S/C30H51N3O4S/c1-10-11-12-13-14-16-33(28(35)25(15-17-38-9)32-29(36)37-30(6,7)8)26(27(34)31-21(2)3)24-19-22(4)18-23(5)20-24/h18-21,25-26H,10-17H2,1-9H3,(H,31,34)(H,32,36). The van der Waals surface area contributed by atoms with Gasteiger partial charge in [0.15, 0.2) is 0 Å². The molecule has 0 aliphatic rings. The quantitative estimate of drug-likeness (QED) is 0.250. The normalized spacial score (nSPS) is 13.1. The van der Waals surface area contributed by atoms with Crippen LogP contribution in [0.4, 0.5) is 4.79 Å². The third kappa shape index (κ3) is 12.5. The lowest BCUT2D eigenvalue weighted by atomic mass is 9.97. The molecule has 0 aliphatic carbocycles. The fourth-order valence-corrected chi connectivity index (χ4v) is 4.87. The fraction of sp³-hybridized carbons (Fsp3) is 0.700. The number of rotatable bonds is 15. The Morgan fingerprint density at radius 2 is 1.58 bits per heavy atom. The second kappa shape index (κ2) is 16.7. The maximum atomic E-state index is 14.2. The Morgan fingerprint density at radius 1 is 0.974 bits per heavy atom. The SMILES string of the molecule is CCCCCCCN(C(=O)C(CCSC)NC(=O)OC(C)(C)C)C(C(=O)NC(C)C)c1cc(C)cc(C)c1. The Morgan fingerprint density at radius 3 is 2.11 bits per heavy atom. The van der Waals surface area contributed by atoms with Crippen LogP contribution in [0.15, 0.2) is 18.2 Å². The minimum absolute atomic E-state index is 0.0791. The van der Waals surface area contributed by atoms with Crippen molar-refractivity contribution in [1.29, 1.82) is 0 Å². The number of benzene rings is 1. The number of aryl methyl sites for hydroxylation is 2. The van der Waals surface area contributed by atoms with Crippen molar-refractivity contribution in [3.8, 4) is 0 Å². The topological polar surface area (TPSA) is 87.7 Å². The summed E-state index contributed by atoms with van der Waals surface area (Å²) >= 11 is 1.61. The molecule has 0 fully saturated rings.